The van der Waals surface area contributed by atoms with Gasteiger partial charge < -0.3 is 5.32 Å². The van der Waals surface area contributed by atoms with E-state index in [0.29, 0.717) is 11.6 Å². The van der Waals surface area contributed by atoms with Crippen molar-refractivity contribution in [3.05, 3.63) is 22.3 Å². The maximum absolute atomic E-state index is 12.6. The van der Waals surface area contributed by atoms with Gasteiger partial charge in [0.05, 0.1) is 5.56 Å². The molecule has 2 aromatic rings. The van der Waals surface area contributed by atoms with Crippen LogP contribution in [0.4, 0.5) is 0 Å². The van der Waals surface area contributed by atoms with Crippen LogP contribution in [0.5, 0.6) is 0 Å². The van der Waals surface area contributed by atoms with Crippen molar-refractivity contribution in [3.63, 3.8) is 0 Å². The Kier molecular flexibility index (Phi) is 3.52. The molecule has 106 valence electrons. The van der Waals surface area contributed by atoms with Crippen LogP contribution in [-0.4, -0.2) is 32.2 Å². The fourth-order valence-corrected chi connectivity index (χ4v) is 3.69. The van der Waals surface area contributed by atoms with Gasteiger partial charge in [0.2, 0.25) is 0 Å². The predicted octanol–water partition coefficient (Wildman–Crippen LogP) is 2.01. The van der Waals surface area contributed by atoms with Crippen molar-refractivity contribution in [1.82, 2.24) is 25.5 Å². The Hall–Kier alpha value is -1.76. The monoisotopic (exact) mass is 291 g/mol. The molecule has 0 spiro atoms. The lowest BCUT2D eigenvalue weighted by atomic mass is 10.1. The summed E-state index contributed by atoms with van der Waals surface area (Å²) in [6.07, 6.45) is 6.08. The number of nitrogens with one attached hydrogen (secondary N) is 1. The molecule has 1 N–H and O–H groups in total. The molecule has 0 aromatic carbocycles. The Balaban J connectivity index is 1.93. The van der Waals surface area contributed by atoms with Gasteiger partial charge in [0, 0.05) is 10.9 Å². The Morgan fingerprint density at radius 2 is 2.15 bits per heavy atom. The molecule has 20 heavy (non-hydrogen) atoms. The zero-order chi connectivity index (χ0) is 14.1. The lowest BCUT2D eigenvalue weighted by Gasteiger charge is -2.12. The Bertz CT molecular complexity index is 613. The summed E-state index contributed by atoms with van der Waals surface area (Å²) in [6.45, 7) is 3.99. The fraction of sp³-hybridized carbons (Fsp3) is 0.538. The average molecular weight is 291 g/mol. The van der Waals surface area contributed by atoms with Crippen molar-refractivity contribution >= 4 is 17.2 Å². The molecule has 1 aliphatic carbocycles. The van der Waals surface area contributed by atoms with Gasteiger partial charge in [0.1, 0.15) is 11.3 Å². The van der Waals surface area contributed by atoms with Crippen molar-refractivity contribution in [1.29, 1.82) is 0 Å². The van der Waals surface area contributed by atoms with Gasteiger partial charge in [-0.15, -0.1) is 16.4 Å². The smallest absolute Gasteiger partial charge is 0.254 e. The van der Waals surface area contributed by atoms with Crippen molar-refractivity contribution < 1.29 is 4.79 Å². The van der Waals surface area contributed by atoms with Crippen LogP contribution < -0.4 is 5.32 Å². The van der Waals surface area contributed by atoms with E-state index in [2.05, 4.69) is 20.8 Å². The summed E-state index contributed by atoms with van der Waals surface area (Å²) < 4.78 is 1.56. The van der Waals surface area contributed by atoms with Crippen molar-refractivity contribution in [2.24, 2.45) is 0 Å². The Morgan fingerprint density at radius 3 is 2.80 bits per heavy atom. The number of carbonyl (C=O) groups excluding carboxylic acids is 1. The maximum atomic E-state index is 12.6. The number of aryl methyl sites for hydroxylation is 1. The molecule has 0 aliphatic heterocycles. The van der Waals surface area contributed by atoms with Gasteiger partial charge in [-0.1, -0.05) is 12.8 Å². The first-order valence-corrected chi connectivity index (χ1v) is 7.62. The molecular formula is C13H17N5OS. The number of thiophene rings is 1. The summed E-state index contributed by atoms with van der Waals surface area (Å²) in [5.41, 5.74) is 1.71. The molecule has 6 nitrogen and oxygen atoms in total. The van der Waals surface area contributed by atoms with E-state index in [1.165, 1.54) is 19.2 Å². The SMILES string of the molecule is Cc1sc(-n2cnnn2)c(C(=O)NC2CCCC2)c1C. The minimum atomic E-state index is -0.00995. The number of nitrogens with zero attached hydrogens (tertiary/aromatic N) is 4. The highest BCUT2D eigenvalue weighted by molar-refractivity contribution is 7.15. The number of rotatable bonds is 3. The zero-order valence-electron chi connectivity index (χ0n) is 11.6. The molecule has 1 aliphatic rings. The maximum Gasteiger partial charge on any atom is 0.254 e. The molecule has 2 aromatic heterocycles. The van der Waals surface area contributed by atoms with Crippen LogP contribution in [0.15, 0.2) is 6.33 Å². The lowest BCUT2D eigenvalue weighted by Crippen LogP contribution is -2.33. The number of hydrogen-bond acceptors (Lipinski definition) is 5. The van der Waals surface area contributed by atoms with Crippen LogP contribution in [0.25, 0.3) is 5.00 Å². The highest BCUT2D eigenvalue weighted by Crippen LogP contribution is 2.30. The van der Waals surface area contributed by atoms with Crippen LogP contribution >= 0.6 is 11.3 Å². The van der Waals surface area contributed by atoms with Crippen LogP contribution in [0, 0.1) is 13.8 Å². The molecule has 7 heteroatoms. The van der Waals surface area contributed by atoms with Gasteiger partial charge in [0.25, 0.3) is 5.91 Å². The summed E-state index contributed by atoms with van der Waals surface area (Å²) in [5.74, 6) is -0.00995. The standard InChI is InChI=1S/C13H17N5OS/c1-8-9(2)20-13(18-7-14-16-17-18)11(8)12(19)15-10-5-3-4-6-10/h7,10H,3-6H2,1-2H3,(H,15,19). The van der Waals surface area contributed by atoms with Gasteiger partial charge in [-0.3, -0.25) is 4.79 Å². The molecule has 1 amide bonds. The van der Waals surface area contributed by atoms with Crippen LogP contribution in [0.1, 0.15) is 46.5 Å². The number of tetrazole rings is 1. The molecule has 0 bridgehead atoms. The van der Waals surface area contributed by atoms with Gasteiger partial charge in [-0.05, 0) is 42.7 Å². The molecule has 1 fully saturated rings. The van der Waals surface area contributed by atoms with E-state index < -0.39 is 0 Å². The molecule has 0 unspecified atom stereocenters. The van der Waals surface area contributed by atoms with Crippen molar-refractivity contribution in [3.8, 4) is 5.00 Å². The molecule has 0 saturated heterocycles. The number of amides is 1. The number of hydrogen-bond donors (Lipinski definition) is 1. The van der Waals surface area contributed by atoms with Gasteiger partial charge in [-0.2, -0.15) is 4.68 Å². The number of carbonyl (C=O) groups is 1. The minimum Gasteiger partial charge on any atom is -0.349 e. The second kappa shape index (κ2) is 5.32. The van der Waals surface area contributed by atoms with Crippen LogP contribution in [-0.2, 0) is 0 Å². The molecule has 3 rings (SSSR count). The van der Waals surface area contributed by atoms with Gasteiger partial charge in [0.15, 0.2) is 0 Å². The Labute approximate surface area is 121 Å². The summed E-state index contributed by atoms with van der Waals surface area (Å²) in [4.78, 5) is 13.7. The van der Waals surface area contributed by atoms with Crippen LogP contribution in [0.2, 0.25) is 0 Å². The fourth-order valence-electron chi connectivity index (χ4n) is 2.62. The molecule has 1 saturated carbocycles. The van der Waals surface area contributed by atoms with Gasteiger partial charge >= 0.3 is 0 Å². The van der Waals surface area contributed by atoms with E-state index in [1.807, 2.05) is 13.8 Å². The highest BCUT2D eigenvalue weighted by atomic mass is 32.1. The molecule has 0 atom stereocenters. The van der Waals surface area contributed by atoms with E-state index >= 15 is 0 Å². The second-order valence-corrected chi connectivity index (χ2v) is 6.38. The topological polar surface area (TPSA) is 72.7 Å². The summed E-state index contributed by atoms with van der Waals surface area (Å²) in [6, 6.07) is 0.309. The molecule has 0 radical (unpaired) electrons. The normalized spacial score (nSPS) is 15.7. The van der Waals surface area contributed by atoms with E-state index in [-0.39, 0.29) is 5.91 Å². The largest absolute Gasteiger partial charge is 0.349 e. The predicted molar refractivity (Wildman–Crippen MR) is 76.2 cm³/mol. The molecule has 2 heterocycles. The third-order valence-electron chi connectivity index (χ3n) is 3.84. The van der Waals surface area contributed by atoms with Gasteiger partial charge in [-0.25, -0.2) is 0 Å². The van der Waals surface area contributed by atoms with Crippen LogP contribution in [0.3, 0.4) is 0 Å². The minimum absolute atomic E-state index is 0.00995. The third-order valence-corrected chi connectivity index (χ3v) is 5.04. The summed E-state index contributed by atoms with van der Waals surface area (Å²) in [7, 11) is 0. The van der Waals surface area contributed by atoms with E-state index in [9.17, 15) is 4.79 Å². The lowest BCUT2D eigenvalue weighted by molar-refractivity contribution is 0.0937. The second-order valence-electron chi connectivity index (χ2n) is 5.17. The van der Waals surface area contributed by atoms with Crippen molar-refractivity contribution in [2.75, 3.05) is 0 Å². The first-order chi connectivity index (χ1) is 9.66. The number of aromatic nitrogens is 4. The quantitative estimate of drug-likeness (QED) is 0.939. The Morgan fingerprint density at radius 1 is 1.40 bits per heavy atom. The van der Waals surface area contributed by atoms with E-state index in [1.54, 1.807) is 16.0 Å². The third kappa shape index (κ3) is 2.33. The highest BCUT2D eigenvalue weighted by Gasteiger charge is 2.24. The zero-order valence-corrected chi connectivity index (χ0v) is 12.4. The molecular weight excluding hydrogens is 274 g/mol. The first kappa shape index (κ1) is 13.2. The van der Waals surface area contributed by atoms with Crippen molar-refractivity contribution in [2.45, 2.75) is 45.6 Å². The summed E-state index contributed by atoms with van der Waals surface area (Å²) >= 11 is 1.54. The summed E-state index contributed by atoms with van der Waals surface area (Å²) in [5, 5.41) is 15.1. The van der Waals surface area contributed by atoms with E-state index in [4.69, 9.17) is 0 Å². The first-order valence-electron chi connectivity index (χ1n) is 6.81. The average Bonchev–Trinajstić information content (AvgIpc) is 3.12. The van der Waals surface area contributed by atoms with E-state index in [0.717, 1.165) is 28.3 Å².